The SMILES string of the molecule is O=C(NCCOc1ccc(F)cc1)N1CCN(C(=O)c2ccco2)CC1. The van der Waals surface area contributed by atoms with Crippen molar-refractivity contribution in [3.05, 3.63) is 54.2 Å². The number of hydrogen-bond acceptors (Lipinski definition) is 4. The average Bonchev–Trinajstić information content (AvgIpc) is 3.21. The number of ether oxygens (including phenoxy) is 1. The molecular formula is C18H20FN3O4. The van der Waals surface area contributed by atoms with E-state index in [1.807, 2.05) is 0 Å². The van der Waals surface area contributed by atoms with Gasteiger partial charge in [0.1, 0.15) is 18.2 Å². The maximum atomic E-state index is 12.8. The van der Waals surface area contributed by atoms with Crippen molar-refractivity contribution in [1.82, 2.24) is 15.1 Å². The third kappa shape index (κ3) is 4.53. The van der Waals surface area contributed by atoms with Gasteiger partial charge in [-0.2, -0.15) is 0 Å². The summed E-state index contributed by atoms with van der Waals surface area (Å²) >= 11 is 0. The Morgan fingerprint density at radius 1 is 1.08 bits per heavy atom. The van der Waals surface area contributed by atoms with E-state index in [4.69, 9.17) is 9.15 Å². The van der Waals surface area contributed by atoms with Crippen molar-refractivity contribution in [2.75, 3.05) is 39.3 Å². The van der Waals surface area contributed by atoms with Gasteiger partial charge in [-0.05, 0) is 36.4 Å². The molecule has 1 aromatic carbocycles. The fourth-order valence-corrected chi connectivity index (χ4v) is 2.64. The Kier molecular flexibility index (Phi) is 5.73. The van der Waals surface area contributed by atoms with Gasteiger partial charge in [0, 0.05) is 26.2 Å². The van der Waals surface area contributed by atoms with Gasteiger partial charge >= 0.3 is 6.03 Å². The largest absolute Gasteiger partial charge is 0.492 e. The van der Waals surface area contributed by atoms with Crippen molar-refractivity contribution in [1.29, 1.82) is 0 Å². The quantitative estimate of drug-likeness (QED) is 0.826. The molecule has 2 heterocycles. The highest BCUT2D eigenvalue weighted by Gasteiger charge is 2.25. The lowest BCUT2D eigenvalue weighted by Gasteiger charge is -2.34. The summed E-state index contributed by atoms with van der Waals surface area (Å²) in [6.07, 6.45) is 1.46. The van der Waals surface area contributed by atoms with Gasteiger partial charge in [0.2, 0.25) is 0 Å². The Labute approximate surface area is 150 Å². The van der Waals surface area contributed by atoms with Crippen LogP contribution in [0.25, 0.3) is 0 Å². The second kappa shape index (κ2) is 8.37. The van der Waals surface area contributed by atoms with Gasteiger partial charge in [-0.15, -0.1) is 0 Å². The molecule has 1 aliphatic heterocycles. The number of piperazine rings is 1. The molecule has 3 rings (SSSR count). The predicted octanol–water partition coefficient (Wildman–Crippen LogP) is 1.97. The summed E-state index contributed by atoms with van der Waals surface area (Å²) in [5, 5.41) is 2.77. The summed E-state index contributed by atoms with van der Waals surface area (Å²) < 4.78 is 23.3. The number of furan rings is 1. The first-order valence-corrected chi connectivity index (χ1v) is 8.37. The molecule has 26 heavy (non-hydrogen) atoms. The van der Waals surface area contributed by atoms with Gasteiger partial charge in [0.05, 0.1) is 12.8 Å². The molecule has 0 atom stereocenters. The zero-order chi connectivity index (χ0) is 18.4. The summed E-state index contributed by atoms with van der Waals surface area (Å²) in [6, 6.07) is 8.80. The topological polar surface area (TPSA) is 75.0 Å². The number of urea groups is 1. The molecule has 0 radical (unpaired) electrons. The Bertz CT molecular complexity index is 725. The number of carbonyl (C=O) groups excluding carboxylic acids is 2. The molecule has 0 spiro atoms. The van der Waals surface area contributed by atoms with E-state index in [1.54, 1.807) is 21.9 Å². The van der Waals surface area contributed by atoms with Crippen molar-refractivity contribution in [2.24, 2.45) is 0 Å². The number of halogens is 1. The molecule has 0 aliphatic carbocycles. The van der Waals surface area contributed by atoms with Crippen LogP contribution in [0.5, 0.6) is 5.75 Å². The molecule has 0 unspecified atom stereocenters. The molecule has 1 aromatic heterocycles. The molecule has 0 bridgehead atoms. The number of carbonyl (C=O) groups is 2. The summed E-state index contributed by atoms with van der Waals surface area (Å²) in [6.45, 7) is 2.45. The minimum Gasteiger partial charge on any atom is -0.492 e. The average molecular weight is 361 g/mol. The number of nitrogens with one attached hydrogen (secondary N) is 1. The van der Waals surface area contributed by atoms with Crippen LogP contribution in [-0.2, 0) is 0 Å². The molecule has 1 saturated heterocycles. The smallest absolute Gasteiger partial charge is 0.317 e. The van der Waals surface area contributed by atoms with Gasteiger partial charge in [-0.3, -0.25) is 4.79 Å². The normalized spacial score (nSPS) is 14.2. The van der Waals surface area contributed by atoms with Crippen molar-refractivity contribution in [3.63, 3.8) is 0 Å². The van der Waals surface area contributed by atoms with Gasteiger partial charge < -0.3 is 24.3 Å². The lowest BCUT2D eigenvalue weighted by molar-refractivity contribution is 0.0634. The molecule has 138 valence electrons. The summed E-state index contributed by atoms with van der Waals surface area (Å²) in [5.74, 6) is 0.365. The van der Waals surface area contributed by atoms with Gasteiger partial charge in [-0.25, -0.2) is 9.18 Å². The highest BCUT2D eigenvalue weighted by Crippen LogP contribution is 2.11. The van der Waals surface area contributed by atoms with Crippen LogP contribution in [0, 0.1) is 5.82 Å². The molecule has 1 aliphatic rings. The van der Waals surface area contributed by atoms with Crippen molar-refractivity contribution in [3.8, 4) is 5.75 Å². The van der Waals surface area contributed by atoms with E-state index in [0.717, 1.165) is 0 Å². The third-order valence-electron chi connectivity index (χ3n) is 4.05. The number of hydrogen-bond donors (Lipinski definition) is 1. The molecule has 2 aromatic rings. The number of benzene rings is 1. The van der Waals surface area contributed by atoms with E-state index in [2.05, 4.69) is 5.32 Å². The molecule has 0 saturated carbocycles. The van der Waals surface area contributed by atoms with Gasteiger partial charge in [0.25, 0.3) is 5.91 Å². The first-order valence-electron chi connectivity index (χ1n) is 8.37. The van der Waals surface area contributed by atoms with Gasteiger partial charge in [-0.1, -0.05) is 0 Å². The van der Waals surface area contributed by atoms with E-state index >= 15 is 0 Å². The monoisotopic (exact) mass is 361 g/mol. The highest BCUT2D eigenvalue weighted by molar-refractivity contribution is 5.91. The third-order valence-corrected chi connectivity index (χ3v) is 4.05. The van der Waals surface area contributed by atoms with Crippen molar-refractivity contribution in [2.45, 2.75) is 0 Å². The first kappa shape index (κ1) is 17.8. The lowest BCUT2D eigenvalue weighted by Crippen LogP contribution is -2.53. The van der Waals surface area contributed by atoms with Crippen LogP contribution in [0.1, 0.15) is 10.6 Å². The molecule has 8 heteroatoms. The Morgan fingerprint density at radius 2 is 1.77 bits per heavy atom. The number of amides is 3. The summed E-state index contributed by atoms with van der Waals surface area (Å²) in [7, 11) is 0. The van der Waals surface area contributed by atoms with E-state index in [0.29, 0.717) is 44.2 Å². The molecular weight excluding hydrogens is 341 g/mol. The van der Waals surface area contributed by atoms with Crippen LogP contribution >= 0.6 is 0 Å². The fraction of sp³-hybridized carbons (Fsp3) is 0.333. The molecule has 1 fully saturated rings. The molecule has 1 N–H and O–H groups in total. The maximum absolute atomic E-state index is 12.8. The first-order chi connectivity index (χ1) is 12.6. The predicted molar refractivity (Wildman–Crippen MR) is 91.5 cm³/mol. The highest BCUT2D eigenvalue weighted by atomic mass is 19.1. The Morgan fingerprint density at radius 3 is 2.42 bits per heavy atom. The lowest BCUT2D eigenvalue weighted by atomic mass is 10.3. The van der Waals surface area contributed by atoms with Crippen LogP contribution in [0.15, 0.2) is 47.1 Å². The van der Waals surface area contributed by atoms with Crippen LogP contribution in [0.3, 0.4) is 0 Å². The van der Waals surface area contributed by atoms with Gasteiger partial charge in [0.15, 0.2) is 5.76 Å². The zero-order valence-electron chi connectivity index (χ0n) is 14.2. The minimum atomic E-state index is -0.324. The minimum absolute atomic E-state index is 0.164. The number of rotatable bonds is 5. The maximum Gasteiger partial charge on any atom is 0.317 e. The van der Waals surface area contributed by atoms with Crippen LogP contribution in [0.2, 0.25) is 0 Å². The van der Waals surface area contributed by atoms with Crippen LogP contribution in [-0.4, -0.2) is 61.1 Å². The zero-order valence-corrected chi connectivity index (χ0v) is 14.2. The Hall–Kier alpha value is -3.03. The second-order valence-corrected chi connectivity index (χ2v) is 5.79. The van der Waals surface area contributed by atoms with Crippen LogP contribution < -0.4 is 10.1 Å². The molecule has 3 amide bonds. The molecule has 7 nitrogen and oxygen atoms in total. The van der Waals surface area contributed by atoms with E-state index < -0.39 is 0 Å². The van der Waals surface area contributed by atoms with Crippen LogP contribution in [0.4, 0.5) is 9.18 Å². The Balaban J connectivity index is 1.36. The summed E-state index contributed by atoms with van der Waals surface area (Å²) in [5.41, 5.74) is 0. The van der Waals surface area contributed by atoms with Crippen molar-refractivity contribution >= 4 is 11.9 Å². The van der Waals surface area contributed by atoms with E-state index in [-0.39, 0.29) is 24.4 Å². The number of nitrogens with zero attached hydrogens (tertiary/aromatic N) is 2. The fourth-order valence-electron chi connectivity index (χ4n) is 2.64. The standard InChI is InChI=1S/C18H20FN3O4/c19-14-3-5-15(6-4-14)25-13-7-20-18(24)22-10-8-21(9-11-22)17(23)16-2-1-12-26-16/h1-6,12H,7-11,13H2,(H,20,24). The summed E-state index contributed by atoms with van der Waals surface area (Å²) in [4.78, 5) is 27.6. The second-order valence-electron chi connectivity index (χ2n) is 5.79. The van der Waals surface area contributed by atoms with E-state index in [1.165, 1.54) is 30.5 Å². The van der Waals surface area contributed by atoms with E-state index in [9.17, 15) is 14.0 Å². The van der Waals surface area contributed by atoms with Crippen molar-refractivity contribution < 1.29 is 23.1 Å².